The number of methoxy groups -OCH3 is 2. The van der Waals surface area contributed by atoms with Crippen LogP contribution in [0.4, 0.5) is 0 Å². The predicted octanol–water partition coefficient (Wildman–Crippen LogP) is 2.68. The van der Waals surface area contributed by atoms with Crippen molar-refractivity contribution in [3.8, 4) is 0 Å². The highest BCUT2D eigenvalue weighted by Gasteiger charge is 2.17. The number of pyridine rings is 1. The van der Waals surface area contributed by atoms with Gasteiger partial charge in [0.05, 0.1) is 14.2 Å². The molecule has 0 saturated carbocycles. The molecule has 1 aliphatic rings. The summed E-state index contributed by atoms with van der Waals surface area (Å²) in [4.78, 5) is 15.8. The first kappa shape index (κ1) is 16.8. The summed E-state index contributed by atoms with van der Waals surface area (Å²) in [5.41, 5.74) is 0.903. The van der Waals surface area contributed by atoms with Gasteiger partial charge < -0.3 is 14.8 Å². The first-order valence-corrected chi connectivity index (χ1v) is 7.58. The zero-order chi connectivity index (χ0) is 16.5. The number of carbonyl (C=O) groups excluding carboxylic acids is 1. The molecule has 1 aromatic heterocycles. The highest BCUT2D eigenvalue weighted by Crippen LogP contribution is 2.26. The molecule has 23 heavy (non-hydrogen) atoms. The van der Waals surface area contributed by atoms with Crippen LogP contribution in [0.15, 0.2) is 54.3 Å². The third-order valence-corrected chi connectivity index (χ3v) is 3.63. The molecule has 0 radical (unpaired) electrons. The molecule has 0 aromatic carbocycles. The van der Waals surface area contributed by atoms with E-state index in [1.54, 1.807) is 32.7 Å². The monoisotopic (exact) mass is 314 g/mol. The lowest BCUT2D eigenvalue weighted by Crippen LogP contribution is -2.24. The average molecular weight is 314 g/mol. The number of hydrogen-bond acceptors (Lipinski definition) is 4. The molecule has 5 nitrogen and oxygen atoms in total. The minimum atomic E-state index is -0.103. The van der Waals surface area contributed by atoms with Crippen LogP contribution in [-0.2, 0) is 14.3 Å². The number of aromatic nitrogens is 1. The molecule has 1 aliphatic carbocycles. The number of rotatable bonds is 7. The van der Waals surface area contributed by atoms with E-state index in [9.17, 15) is 4.79 Å². The van der Waals surface area contributed by atoms with Gasteiger partial charge in [-0.2, -0.15) is 0 Å². The highest BCUT2D eigenvalue weighted by molar-refractivity contribution is 5.91. The minimum absolute atomic E-state index is 0.103. The van der Waals surface area contributed by atoms with E-state index in [-0.39, 0.29) is 5.91 Å². The van der Waals surface area contributed by atoms with Gasteiger partial charge in [0.15, 0.2) is 5.76 Å². The van der Waals surface area contributed by atoms with Crippen LogP contribution in [0.2, 0.25) is 0 Å². The van der Waals surface area contributed by atoms with Gasteiger partial charge in [-0.1, -0.05) is 12.1 Å². The van der Waals surface area contributed by atoms with Gasteiger partial charge in [-0.3, -0.25) is 9.78 Å². The van der Waals surface area contributed by atoms with Crippen molar-refractivity contribution < 1.29 is 14.3 Å². The van der Waals surface area contributed by atoms with Crippen molar-refractivity contribution in [1.29, 1.82) is 0 Å². The summed E-state index contributed by atoms with van der Waals surface area (Å²) in [6, 6.07) is 3.73. The maximum Gasteiger partial charge on any atom is 0.244 e. The molecule has 2 rings (SSSR count). The fraction of sp³-hybridized carbons (Fsp3) is 0.333. The normalized spacial score (nSPS) is 17.4. The molecular formula is C18H22N2O3. The third kappa shape index (κ3) is 5.29. The number of nitrogens with one attached hydrogen (secondary N) is 1. The molecule has 0 spiro atoms. The van der Waals surface area contributed by atoms with Gasteiger partial charge in [0, 0.05) is 31.4 Å². The number of allylic oxidation sites excluding steroid dienone is 3. The van der Waals surface area contributed by atoms with Crippen LogP contribution in [0.1, 0.15) is 18.4 Å². The standard InChI is InChI=1S/C18H22N2O3/c1-22-16-7-5-14(12-17(16)23-2)9-11-20-18(21)8-6-15-4-3-10-19-13-15/h3-8,10,13-14H,9,11-12H2,1-2H3,(H,20,21)/b8-6+. The third-order valence-electron chi connectivity index (χ3n) is 3.63. The van der Waals surface area contributed by atoms with E-state index < -0.39 is 0 Å². The summed E-state index contributed by atoms with van der Waals surface area (Å²) in [5.74, 6) is 1.86. The molecule has 1 heterocycles. The molecule has 0 aliphatic heterocycles. The van der Waals surface area contributed by atoms with Gasteiger partial charge in [-0.05, 0) is 36.1 Å². The molecule has 0 bridgehead atoms. The van der Waals surface area contributed by atoms with Gasteiger partial charge in [0.25, 0.3) is 0 Å². The van der Waals surface area contributed by atoms with Gasteiger partial charge in [-0.15, -0.1) is 0 Å². The summed E-state index contributed by atoms with van der Waals surface area (Å²) >= 11 is 0. The SMILES string of the molecule is COC1=C(OC)CC(CCNC(=O)/C=C/c2cccnc2)C=C1. The number of nitrogens with zero attached hydrogens (tertiary/aromatic N) is 1. The zero-order valence-corrected chi connectivity index (χ0v) is 13.5. The Morgan fingerprint density at radius 3 is 3.00 bits per heavy atom. The first-order valence-electron chi connectivity index (χ1n) is 7.58. The molecule has 0 fully saturated rings. The van der Waals surface area contributed by atoms with Crippen molar-refractivity contribution in [1.82, 2.24) is 10.3 Å². The van der Waals surface area contributed by atoms with E-state index in [4.69, 9.17) is 9.47 Å². The second kappa shape index (κ2) is 8.78. The molecule has 122 valence electrons. The fourth-order valence-electron chi connectivity index (χ4n) is 2.37. The Morgan fingerprint density at radius 1 is 1.43 bits per heavy atom. The van der Waals surface area contributed by atoms with Crippen molar-refractivity contribution in [2.24, 2.45) is 5.92 Å². The van der Waals surface area contributed by atoms with Gasteiger partial charge in [0.1, 0.15) is 5.76 Å². The second-order valence-corrected chi connectivity index (χ2v) is 5.22. The molecule has 5 heteroatoms. The molecule has 1 atom stereocenters. The lowest BCUT2D eigenvalue weighted by molar-refractivity contribution is -0.116. The van der Waals surface area contributed by atoms with E-state index in [0.29, 0.717) is 12.5 Å². The largest absolute Gasteiger partial charge is 0.497 e. The Bertz CT molecular complexity index is 606. The van der Waals surface area contributed by atoms with Crippen LogP contribution in [0.3, 0.4) is 0 Å². The number of hydrogen-bond donors (Lipinski definition) is 1. The molecule has 1 N–H and O–H groups in total. The van der Waals surface area contributed by atoms with E-state index in [0.717, 1.165) is 29.9 Å². The predicted molar refractivity (Wildman–Crippen MR) is 89.2 cm³/mol. The maximum atomic E-state index is 11.8. The van der Waals surface area contributed by atoms with E-state index in [1.807, 2.05) is 18.2 Å². The Labute approximate surface area is 136 Å². The highest BCUT2D eigenvalue weighted by atomic mass is 16.5. The molecule has 1 amide bonds. The molecular weight excluding hydrogens is 292 g/mol. The topological polar surface area (TPSA) is 60.5 Å². The van der Waals surface area contributed by atoms with Crippen LogP contribution in [0.5, 0.6) is 0 Å². The van der Waals surface area contributed by atoms with Crippen LogP contribution in [-0.4, -0.2) is 31.7 Å². The summed E-state index contributed by atoms with van der Waals surface area (Å²) in [7, 11) is 3.28. The Morgan fingerprint density at radius 2 is 2.30 bits per heavy atom. The molecule has 1 unspecified atom stereocenters. The van der Waals surface area contributed by atoms with Crippen LogP contribution >= 0.6 is 0 Å². The number of amides is 1. The quantitative estimate of drug-likeness (QED) is 0.786. The number of ether oxygens (including phenoxy) is 2. The van der Waals surface area contributed by atoms with Gasteiger partial charge >= 0.3 is 0 Å². The maximum absolute atomic E-state index is 11.8. The van der Waals surface area contributed by atoms with Gasteiger partial charge in [-0.25, -0.2) is 0 Å². The lowest BCUT2D eigenvalue weighted by Gasteiger charge is -2.20. The fourth-order valence-corrected chi connectivity index (χ4v) is 2.37. The van der Waals surface area contributed by atoms with Crippen molar-refractivity contribution in [3.05, 3.63) is 59.8 Å². The smallest absolute Gasteiger partial charge is 0.244 e. The van der Waals surface area contributed by atoms with E-state index in [1.165, 1.54) is 6.08 Å². The van der Waals surface area contributed by atoms with Crippen LogP contribution < -0.4 is 5.32 Å². The zero-order valence-electron chi connectivity index (χ0n) is 13.5. The Hall–Kier alpha value is -2.56. The molecule has 0 saturated heterocycles. The lowest BCUT2D eigenvalue weighted by atomic mass is 9.95. The van der Waals surface area contributed by atoms with Crippen molar-refractivity contribution in [2.75, 3.05) is 20.8 Å². The van der Waals surface area contributed by atoms with Crippen LogP contribution in [0.25, 0.3) is 6.08 Å². The van der Waals surface area contributed by atoms with Crippen molar-refractivity contribution >= 4 is 12.0 Å². The van der Waals surface area contributed by atoms with Crippen molar-refractivity contribution in [3.63, 3.8) is 0 Å². The summed E-state index contributed by atoms with van der Waals surface area (Å²) in [6.45, 7) is 0.616. The summed E-state index contributed by atoms with van der Waals surface area (Å²) in [6.07, 6.45) is 12.4. The minimum Gasteiger partial charge on any atom is -0.497 e. The number of carbonyl (C=O) groups is 1. The van der Waals surface area contributed by atoms with Gasteiger partial charge in [0.2, 0.25) is 5.91 Å². The molecule has 1 aromatic rings. The van der Waals surface area contributed by atoms with Crippen LogP contribution in [0, 0.1) is 5.92 Å². The van der Waals surface area contributed by atoms with E-state index in [2.05, 4.69) is 16.4 Å². The second-order valence-electron chi connectivity index (χ2n) is 5.22. The average Bonchev–Trinajstić information content (AvgIpc) is 2.60. The Balaban J connectivity index is 1.73. The summed E-state index contributed by atoms with van der Waals surface area (Å²) in [5, 5.41) is 2.89. The Kier molecular flexibility index (Phi) is 6.41. The van der Waals surface area contributed by atoms with Crippen molar-refractivity contribution in [2.45, 2.75) is 12.8 Å². The summed E-state index contributed by atoms with van der Waals surface area (Å²) < 4.78 is 10.6. The first-order chi connectivity index (χ1) is 11.2. The van der Waals surface area contributed by atoms with E-state index >= 15 is 0 Å².